The third kappa shape index (κ3) is 4.54. The fourth-order valence-corrected chi connectivity index (χ4v) is 2.02. The highest BCUT2D eigenvalue weighted by molar-refractivity contribution is 5.93. The number of carbonyl (C=O) groups is 2. The lowest BCUT2D eigenvalue weighted by Gasteiger charge is -2.38. The summed E-state index contributed by atoms with van der Waals surface area (Å²) in [7, 11) is 4.81. The lowest BCUT2D eigenvalue weighted by atomic mass is 10.2. The van der Waals surface area contributed by atoms with Gasteiger partial charge in [0.2, 0.25) is 0 Å². The van der Waals surface area contributed by atoms with Gasteiger partial charge in [0.15, 0.2) is 0 Å². The maximum atomic E-state index is 12.1. The molecule has 112 valence electrons. The third-order valence-corrected chi connectivity index (χ3v) is 3.27. The number of amides is 4. The maximum absolute atomic E-state index is 12.1. The van der Waals surface area contributed by atoms with Crippen LogP contribution in [0.3, 0.4) is 0 Å². The van der Waals surface area contributed by atoms with Crippen LogP contribution < -0.4 is 0 Å². The number of hydrogen-bond donors (Lipinski definition) is 0. The molecule has 0 atom stereocenters. The quantitative estimate of drug-likeness (QED) is 0.729. The minimum Gasteiger partial charge on any atom is -0.330 e. The molecule has 1 heterocycles. The van der Waals surface area contributed by atoms with Crippen molar-refractivity contribution in [3.05, 3.63) is 0 Å². The van der Waals surface area contributed by atoms with Crippen LogP contribution in [0.1, 0.15) is 13.8 Å². The summed E-state index contributed by atoms with van der Waals surface area (Å²) in [5.41, 5.74) is 0. The molecule has 7 heteroatoms. The Balaban J connectivity index is 0.00000324. The molecule has 1 fully saturated rings. The fraction of sp³-hybridized carbons (Fsp3) is 0.833. The van der Waals surface area contributed by atoms with Crippen LogP contribution in [-0.4, -0.2) is 85.0 Å². The Morgan fingerprint density at radius 2 is 1.47 bits per heavy atom. The molecule has 0 bridgehead atoms. The number of piperazine rings is 1. The van der Waals surface area contributed by atoms with Gasteiger partial charge in [0.05, 0.1) is 0 Å². The largest absolute Gasteiger partial charge is 0.330 e. The number of imide groups is 1. The molecule has 4 amide bonds. The standard InChI is InChI=1S/C12H24N4O2.ClH/c1-10(2)15-6-8-16(9-7-15)12(18)14(5)11(17)13(3)4;/h10H,6-9H2,1-5H3;1H. The first-order chi connectivity index (χ1) is 8.34. The average molecular weight is 293 g/mol. The van der Waals surface area contributed by atoms with Crippen molar-refractivity contribution in [1.29, 1.82) is 0 Å². The van der Waals surface area contributed by atoms with Crippen molar-refractivity contribution < 1.29 is 9.59 Å². The zero-order valence-corrected chi connectivity index (χ0v) is 13.2. The topological polar surface area (TPSA) is 47.1 Å². The summed E-state index contributed by atoms with van der Waals surface area (Å²) in [6.45, 7) is 7.41. The lowest BCUT2D eigenvalue weighted by Crippen LogP contribution is -2.55. The number of urea groups is 2. The molecule has 0 saturated carbocycles. The van der Waals surface area contributed by atoms with Crippen LogP contribution in [0.2, 0.25) is 0 Å². The van der Waals surface area contributed by atoms with E-state index in [2.05, 4.69) is 18.7 Å². The summed E-state index contributed by atoms with van der Waals surface area (Å²) in [4.78, 5) is 30.4. The smallest absolute Gasteiger partial charge is 0.327 e. The van der Waals surface area contributed by atoms with Gasteiger partial charge in [0, 0.05) is 53.4 Å². The van der Waals surface area contributed by atoms with Crippen LogP contribution in [0.4, 0.5) is 9.59 Å². The van der Waals surface area contributed by atoms with Crippen molar-refractivity contribution in [2.24, 2.45) is 0 Å². The van der Waals surface area contributed by atoms with Gasteiger partial charge in [-0.25, -0.2) is 14.5 Å². The van der Waals surface area contributed by atoms with E-state index < -0.39 is 0 Å². The molecule has 1 saturated heterocycles. The zero-order valence-electron chi connectivity index (χ0n) is 12.4. The van der Waals surface area contributed by atoms with Gasteiger partial charge in [-0.3, -0.25) is 4.90 Å². The van der Waals surface area contributed by atoms with E-state index >= 15 is 0 Å². The minimum absolute atomic E-state index is 0. The summed E-state index contributed by atoms with van der Waals surface area (Å²) in [6.07, 6.45) is 0. The first kappa shape index (κ1) is 18.0. The van der Waals surface area contributed by atoms with Crippen LogP contribution in [0.25, 0.3) is 0 Å². The van der Waals surface area contributed by atoms with Gasteiger partial charge < -0.3 is 9.80 Å². The van der Waals surface area contributed by atoms with Crippen molar-refractivity contribution in [3.8, 4) is 0 Å². The van der Waals surface area contributed by atoms with E-state index in [1.54, 1.807) is 19.0 Å². The molecular formula is C12H25ClN4O2. The van der Waals surface area contributed by atoms with Gasteiger partial charge in [-0.2, -0.15) is 0 Å². The monoisotopic (exact) mass is 292 g/mol. The Labute approximate surface area is 121 Å². The van der Waals surface area contributed by atoms with Gasteiger partial charge in [0.1, 0.15) is 0 Å². The zero-order chi connectivity index (χ0) is 13.9. The normalized spacial score (nSPS) is 16.0. The lowest BCUT2D eigenvalue weighted by molar-refractivity contribution is 0.103. The highest BCUT2D eigenvalue weighted by Gasteiger charge is 2.27. The molecule has 0 radical (unpaired) electrons. The molecule has 0 aromatic rings. The van der Waals surface area contributed by atoms with Crippen molar-refractivity contribution in [3.63, 3.8) is 0 Å². The Morgan fingerprint density at radius 1 is 1.00 bits per heavy atom. The van der Waals surface area contributed by atoms with Gasteiger partial charge in [-0.1, -0.05) is 0 Å². The van der Waals surface area contributed by atoms with Crippen LogP contribution in [0.15, 0.2) is 0 Å². The number of halogens is 1. The molecule has 1 rings (SSSR count). The first-order valence-corrected chi connectivity index (χ1v) is 6.32. The van der Waals surface area contributed by atoms with Crippen LogP contribution in [0.5, 0.6) is 0 Å². The van der Waals surface area contributed by atoms with E-state index in [9.17, 15) is 9.59 Å². The number of hydrogen-bond acceptors (Lipinski definition) is 3. The molecular weight excluding hydrogens is 268 g/mol. The van der Waals surface area contributed by atoms with Crippen molar-refractivity contribution >= 4 is 24.5 Å². The van der Waals surface area contributed by atoms with E-state index in [1.165, 1.54) is 16.8 Å². The minimum atomic E-state index is -0.286. The summed E-state index contributed by atoms with van der Waals surface area (Å²) in [5, 5.41) is 0. The maximum Gasteiger partial charge on any atom is 0.327 e. The number of carbonyl (C=O) groups excluding carboxylic acids is 2. The van der Waals surface area contributed by atoms with E-state index in [4.69, 9.17) is 0 Å². The second-order valence-corrected chi connectivity index (χ2v) is 5.14. The van der Waals surface area contributed by atoms with E-state index in [0.29, 0.717) is 19.1 Å². The Hall–Kier alpha value is -1.01. The van der Waals surface area contributed by atoms with Crippen molar-refractivity contribution in [1.82, 2.24) is 19.6 Å². The highest BCUT2D eigenvalue weighted by Crippen LogP contribution is 2.08. The van der Waals surface area contributed by atoms with Crippen LogP contribution in [-0.2, 0) is 0 Å². The first-order valence-electron chi connectivity index (χ1n) is 6.32. The molecule has 6 nitrogen and oxygen atoms in total. The Morgan fingerprint density at radius 3 is 1.84 bits per heavy atom. The predicted molar refractivity (Wildman–Crippen MR) is 77.8 cm³/mol. The molecule has 19 heavy (non-hydrogen) atoms. The number of rotatable bonds is 1. The third-order valence-electron chi connectivity index (χ3n) is 3.27. The molecule has 0 spiro atoms. The predicted octanol–water partition coefficient (Wildman–Crippen LogP) is 1.17. The fourth-order valence-electron chi connectivity index (χ4n) is 2.02. The molecule has 1 aliphatic rings. The molecule has 0 aliphatic carbocycles. The van der Waals surface area contributed by atoms with Gasteiger partial charge in [-0.05, 0) is 13.8 Å². The van der Waals surface area contributed by atoms with Gasteiger partial charge in [-0.15, -0.1) is 12.4 Å². The number of nitrogens with zero attached hydrogens (tertiary/aromatic N) is 4. The molecule has 0 aromatic heterocycles. The highest BCUT2D eigenvalue weighted by atomic mass is 35.5. The van der Waals surface area contributed by atoms with Crippen LogP contribution in [0, 0.1) is 0 Å². The SMILES string of the molecule is CC(C)N1CCN(C(=O)N(C)C(=O)N(C)C)CC1.Cl. The van der Waals surface area contributed by atoms with Crippen molar-refractivity contribution in [2.75, 3.05) is 47.3 Å². The molecule has 0 unspecified atom stereocenters. The summed E-state index contributed by atoms with van der Waals surface area (Å²) < 4.78 is 0. The van der Waals surface area contributed by atoms with E-state index in [1.807, 2.05) is 0 Å². The summed E-state index contributed by atoms with van der Waals surface area (Å²) in [5.74, 6) is 0. The van der Waals surface area contributed by atoms with E-state index in [-0.39, 0.29) is 24.5 Å². The molecule has 0 N–H and O–H groups in total. The van der Waals surface area contributed by atoms with Gasteiger partial charge >= 0.3 is 12.1 Å². The molecule has 0 aromatic carbocycles. The summed E-state index contributed by atoms with van der Waals surface area (Å²) >= 11 is 0. The van der Waals surface area contributed by atoms with Crippen LogP contribution >= 0.6 is 12.4 Å². The van der Waals surface area contributed by atoms with Gasteiger partial charge in [0.25, 0.3) is 0 Å². The second kappa shape index (κ2) is 7.55. The summed E-state index contributed by atoms with van der Waals surface area (Å²) in [6, 6.07) is 0.00628. The second-order valence-electron chi connectivity index (χ2n) is 5.14. The Bertz CT molecular complexity index is 315. The van der Waals surface area contributed by atoms with E-state index in [0.717, 1.165) is 13.1 Å². The Kier molecular flexibility index (Phi) is 7.15. The average Bonchev–Trinajstić information content (AvgIpc) is 2.36. The molecule has 1 aliphatic heterocycles. The van der Waals surface area contributed by atoms with Crippen molar-refractivity contribution in [2.45, 2.75) is 19.9 Å².